The van der Waals surface area contributed by atoms with Crippen molar-refractivity contribution in [2.24, 2.45) is 0 Å². The minimum Gasteiger partial charge on any atom is -0.497 e. The highest BCUT2D eigenvalue weighted by molar-refractivity contribution is 5.99. The van der Waals surface area contributed by atoms with Gasteiger partial charge in [-0.1, -0.05) is 42.5 Å². The molecule has 0 heterocycles. The summed E-state index contributed by atoms with van der Waals surface area (Å²) in [6, 6.07) is 16.4. The summed E-state index contributed by atoms with van der Waals surface area (Å²) < 4.78 is 9.71. The number of hydrogen-bond acceptors (Lipinski definition) is 4. The third-order valence-electron chi connectivity index (χ3n) is 2.94. The Balaban J connectivity index is 1.87. The first-order valence-corrected chi connectivity index (χ1v) is 6.98. The van der Waals surface area contributed by atoms with Crippen molar-refractivity contribution in [3.05, 3.63) is 77.9 Å². The van der Waals surface area contributed by atoms with E-state index in [1.165, 1.54) is 12.2 Å². The van der Waals surface area contributed by atoms with Crippen molar-refractivity contribution in [2.75, 3.05) is 7.11 Å². The van der Waals surface area contributed by atoms with Crippen molar-refractivity contribution in [2.45, 2.75) is 0 Å². The smallest absolute Gasteiger partial charge is 0.338 e. The first-order valence-electron chi connectivity index (χ1n) is 6.98. The Hall–Kier alpha value is -3.14. The molecule has 0 saturated carbocycles. The summed E-state index contributed by atoms with van der Waals surface area (Å²) >= 11 is 0. The fourth-order valence-electron chi connectivity index (χ4n) is 1.77. The molecule has 0 aliphatic heterocycles. The van der Waals surface area contributed by atoms with Crippen LogP contribution in [-0.2, 0) is 14.3 Å². The Kier molecular flexibility index (Phi) is 5.89. The van der Waals surface area contributed by atoms with Crippen LogP contribution in [0.3, 0.4) is 0 Å². The number of benzene rings is 2. The minimum atomic E-state index is -0.719. The highest BCUT2D eigenvalue weighted by Gasteiger charge is 2.03. The highest BCUT2D eigenvalue weighted by atomic mass is 16.6. The summed E-state index contributed by atoms with van der Waals surface area (Å²) in [4.78, 5) is 23.1. The molecule has 0 fully saturated rings. The van der Waals surface area contributed by atoms with E-state index in [2.05, 4.69) is 4.74 Å². The zero-order chi connectivity index (χ0) is 16.5. The van der Waals surface area contributed by atoms with E-state index in [1.807, 2.05) is 30.3 Å². The van der Waals surface area contributed by atoms with Crippen LogP contribution in [0.2, 0.25) is 0 Å². The topological polar surface area (TPSA) is 52.6 Å². The van der Waals surface area contributed by atoms with Gasteiger partial charge in [-0.25, -0.2) is 9.59 Å². The monoisotopic (exact) mass is 308 g/mol. The summed E-state index contributed by atoms with van der Waals surface area (Å²) in [6.07, 6.45) is 5.57. The Morgan fingerprint density at radius 3 is 1.83 bits per heavy atom. The second-order valence-electron chi connectivity index (χ2n) is 4.59. The molecule has 0 aromatic heterocycles. The van der Waals surface area contributed by atoms with Crippen LogP contribution in [0.15, 0.2) is 66.7 Å². The molecule has 4 nitrogen and oxygen atoms in total. The Morgan fingerprint density at radius 2 is 1.30 bits per heavy atom. The molecule has 0 spiro atoms. The van der Waals surface area contributed by atoms with Crippen LogP contribution in [0.1, 0.15) is 11.1 Å². The van der Waals surface area contributed by atoms with Gasteiger partial charge in [-0.2, -0.15) is 0 Å². The summed E-state index contributed by atoms with van der Waals surface area (Å²) in [5, 5.41) is 0. The van der Waals surface area contributed by atoms with Gasteiger partial charge in [0.25, 0.3) is 0 Å². The number of esters is 2. The Bertz CT molecular complexity index is 713. The molecule has 2 rings (SSSR count). The number of methoxy groups -OCH3 is 1. The predicted octanol–water partition coefficient (Wildman–Crippen LogP) is 3.49. The second-order valence-corrected chi connectivity index (χ2v) is 4.59. The molecule has 2 aromatic rings. The van der Waals surface area contributed by atoms with Crippen molar-refractivity contribution < 1.29 is 19.1 Å². The zero-order valence-electron chi connectivity index (χ0n) is 12.6. The first-order chi connectivity index (χ1) is 11.2. The van der Waals surface area contributed by atoms with E-state index in [1.54, 1.807) is 43.5 Å². The molecule has 116 valence electrons. The molecule has 2 aromatic carbocycles. The molecular weight excluding hydrogens is 292 g/mol. The lowest BCUT2D eigenvalue weighted by molar-refractivity contribution is -0.152. The molecular formula is C19H16O4. The van der Waals surface area contributed by atoms with E-state index >= 15 is 0 Å². The Morgan fingerprint density at radius 1 is 0.783 bits per heavy atom. The van der Waals surface area contributed by atoms with Gasteiger partial charge in [-0.3, -0.25) is 0 Å². The minimum absolute atomic E-state index is 0.710. The fraction of sp³-hybridized carbons (Fsp3) is 0.0526. The summed E-state index contributed by atoms with van der Waals surface area (Å²) in [5.74, 6) is -0.701. The zero-order valence-corrected chi connectivity index (χ0v) is 12.6. The molecule has 0 amide bonds. The number of rotatable bonds is 5. The third kappa shape index (κ3) is 5.63. The van der Waals surface area contributed by atoms with E-state index in [0.717, 1.165) is 16.9 Å². The average Bonchev–Trinajstić information content (AvgIpc) is 2.59. The number of ether oxygens (including phenoxy) is 2. The van der Waals surface area contributed by atoms with Gasteiger partial charge in [0.1, 0.15) is 5.75 Å². The molecule has 23 heavy (non-hydrogen) atoms. The van der Waals surface area contributed by atoms with E-state index in [-0.39, 0.29) is 0 Å². The number of carbonyl (C=O) groups excluding carboxylic acids is 2. The SMILES string of the molecule is COc1ccc(/C=C/C(=O)OC(=O)/C=C/c2ccccc2)cc1. The highest BCUT2D eigenvalue weighted by Crippen LogP contribution is 2.12. The largest absolute Gasteiger partial charge is 0.497 e. The van der Waals surface area contributed by atoms with Crippen LogP contribution < -0.4 is 4.74 Å². The van der Waals surface area contributed by atoms with Crippen molar-refractivity contribution in [3.8, 4) is 5.75 Å². The van der Waals surface area contributed by atoms with E-state index < -0.39 is 11.9 Å². The van der Waals surface area contributed by atoms with Crippen molar-refractivity contribution in [1.29, 1.82) is 0 Å². The Labute approximate surface area is 134 Å². The van der Waals surface area contributed by atoms with E-state index in [9.17, 15) is 9.59 Å². The quantitative estimate of drug-likeness (QED) is 0.482. The van der Waals surface area contributed by atoms with Crippen LogP contribution in [0.4, 0.5) is 0 Å². The van der Waals surface area contributed by atoms with Crippen LogP contribution >= 0.6 is 0 Å². The maximum Gasteiger partial charge on any atom is 0.338 e. The molecule has 0 aliphatic carbocycles. The molecule has 0 aliphatic rings. The van der Waals surface area contributed by atoms with Crippen molar-refractivity contribution in [1.82, 2.24) is 0 Å². The van der Waals surface area contributed by atoms with E-state index in [0.29, 0.717) is 0 Å². The van der Waals surface area contributed by atoms with Gasteiger partial charge in [-0.15, -0.1) is 0 Å². The molecule has 0 bridgehead atoms. The summed E-state index contributed by atoms with van der Waals surface area (Å²) in [5.41, 5.74) is 1.65. The molecule has 0 saturated heterocycles. The van der Waals surface area contributed by atoms with Crippen LogP contribution in [0, 0.1) is 0 Å². The van der Waals surface area contributed by atoms with Crippen molar-refractivity contribution >= 4 is 24.1 Å². The second kappa shape index (κ2) is 8.34. The van der Waals surface area contributed by atoms with Gasteiger partial charge in [-0.05, 0) is 35.4 Å². The van der Waals surface area contributed by atoms with Gasteiger partial charge in [0.05, 0.1) is 7.11 Å². The molecule has 0 atom stereocenters. The van der Waals surface area contributed by atoms with Gasteiger partial charge in [0, 0.05) is 12.2 Å². The molecule has 0 radical (unpaired) electrons. The van der Waals surface area contributed by atoms with Gasteiger partial charge >= 0.3 is 11.9 Å². The van der Waals surface area contributed by atoms with Gasteiger partial charge in [0.2, 0.25) is 0 Å². The number of hydrogen-bond donors (Lipinski definition) is 0. The predicted molar refractivity (Wildman–Crippen MR) is 88.6 cm³/mol. The van der Waals surface area contributed by atoms with Crippen LogP contribution in [0.5, 0.6) is 5.75 Å². The van der Waals surface area contributed by atoms with Crippen LogP contribution in [0.25, 0.3) is 12.2 Å². The summed E-state index contributed by atoms with van der Waals surface area (Å²) in [7, 11) is 1.58. The lowest BCUT2D eigenvalue weighted by Crippen LogP contribution is -2.06. The fourth-order valence-corrected chi connectivity index (χ4v) is 1.77. The standard InChI is InChI=1S/C19H16O4/c1-22-17-11-7-16(8-12-17)10-14-19(21)23-18(20)13-9-15-5-3-2-4-6-15/h2-14H,1H3/b13-9+,14-10+. The van der Waals surface area contributed by atoms with Gasteiger partial charge < -0.3 is 9.47 Å². The number of carbonyl (C=O) groups is 2. The first kappa shape index (κ1) is 16.2. The van der Waals surface area contributed by atoms with E-state index in [4.69, 9.17) is 4.74 Å². The maximum atomic E-state index is 11.6. The lowest BCUT2D eigenvalue weighted by atomic mass is 10.2. The van der Waals surface area contributed by atoms with Gasteiger partial charge in [0.15, 0.2) is 0 Å². The lowest BCUT2D eigenvalue weighted by Gasteiger charge is -1.99. The molecule has 0 unspecified atom stereocenters. The summed E-state index contributed by atoms with van der Waals surface area (Å²) in [6.45, 7) is 0. The molecule has 4 heteroatoms. The van der Waals surface area contributed by atoms with Crippen molar-refractivity contribution in [3.63, 3.8) is 0 Å². The normalized spacial score (nSPS) is 10.8. The van der Waals surface area contributed by atoms with Crippen LogP contribution in [-0.4, -0.2) is 19.0 Å². The maximum absolute atomic E-state index is 11.6. The third-order valence-corrected chi connectivity index (χ3v) is 2.94. The average molecular weight is 308 g/mol. The molecule has 0 N–H and O–H groups in total.